The highest BCUT2D eigenvalue weighted by molar-refractivity contribution is 5.22. The molecule has 0 aromatic heterocycles. The minimum Gasteiger partial charge on any atom is -0.374 e. The summed E-state index contributed by atoms with van der Waals surface area (Å²) in [6.45, 7) is 4.30. The third kappa shape index (κ3) is 9.94. The Morgan fingerprint density at radius 2 is 0.875 bits per heavy atom. The van der Waals surface area contributed by atoms with Crippen molar-refractivity contribution in [2.24, 2.45) is 0 Å². The minimum atomic E-state index is -0.739. The van der Waals surface area contributed by atoms with Crippen LogP contribution in [0, 0.1) is 6.92 Å². The Morgan fingerprint density at radius 3 is 1.40 bits per heavy atom. The van der Waals surface area contributed by atoms with Crippen molar-refractivity contribution < 1.29 is 28.4 Å². The van der Waals surface area contributed by atoms with E-state index in [2.05, 4.69) is 73.7 Å². The van der Waals surface area contributed by atoms with Crippen LogP contribution in [-0.2, 0) is 61.5 Å². The highest BCUT2D eigenvalue weighted by Gasteiger charge is 2.49. The van der Waals surface area contributed by atoms with E-state index in [1.54, 1.807) is 0 Å². The first-order valence-corrected chi connectivity index (χ1v) is 16.6. The average molecular weight is 645 g/mol. The predicted molar refractivity (Wildman–Crippen MR) is 186 cm³/mol. The van der Waals surface area contributed by atoms with Crippen LogP contribution in [0.1, 0.15) is 33.4 Å². The first-order valence-electron chi connectivity index (χ1n) is 16.6. The van der Waals surface area contributed by atoms with Gasteiger partial charge in [-0.2, -0.15) is 0 Å². The van der Waals surface area contributed by atoms with E-state index in [-0.39, 0.29) is 6.61 Å². The van der Waals surface area contributed by atoms with Crippen molar-refractivity contribution in [3.8, 4) is 0 Å². The van der Waals surface area contributed by atoms with Crippen LogP contribution in [0.4, 0.5) is 0 Å². The Hall–Kier alpha value is -4.14. The van der Waals surface area contributed by atoms with Crippen LogP contribution in [0.3, 0.4) is 0 Å². The lowest BCUT2D eigenvalue weighted by Gasteiger charge is -2.46. The molecule has 1 unspecified atom stereocenters. The van der Waals surface area contributed by atoms with Crippen LogP contribution < -0.4 is 0 Å². The van der Waals surface area contributed by atoms with Gasteiger partial charge in [0.1, 0.15) is 24.4 Å². The van der Waals surface area contributed by atoms with Gasteiger partial charge in [0.05, 0.1) is 39.6 Å². The van der Waals surface area contributed by atoms with Crippen LogP contribution in [0.2, 0.25) is 0 Å². The molecule has 0 bridgehead atoms. The lowest BCUT2D eigenvalue weighted by molar-refractivity contribution is -0.330. The fraction of sp³-hybridized carbons (Fsp3) is 0.286. The molecule has 5 aromatic carbocycles. The molecule has 0 spiro atoms. The monoisotopic (exact) mass is 644 g/mol. The van der Waals surface area contributed by atoms with E-state index in [1.807, 2.05) is 78.9 Å². The largest absolute Gasteiger partial charge is 0.374 e. The second-order valence-corrected chi connectivity index (χ2v) is 12.1. The van der Waals surface area contributed by atoms with Gasteiger partial charge >= 0.3 is 0 Å². The Morgan fingerprint density at radius 1 is 0.438 bits per heavy atom. The maximum Gasteiger partial charge on any atom is 0.187 e. The molecule has 6 nitrogen and oxygen atoms in total. The van der Waals surface area contributed by atoms with E-state index in [4.69, 9.17) is 28.4 Å². The molecule has 48 heavy (non-hydrogen) atoms. The highest BCUT2D eigenvalue weighted by atomic mass is 16.7. The smallest absolute Gasteiger partial charge is 0.187 e. The molecule has 0 N–H and O–H groups in total. The van der Waals surface area contributed by atoms with Crippen LogP contribution >= 0.6 is 0 Å². The zero-order valence-electron chi connectivity index (χ0n) is 27.4. The molecule has 0 aliphatic carbocycles. The van der Waals surface area contributed by atoms with Crippen molar-refractivity contribution in [1.29, 1.82) is 0 Å². The van der Waals surface area contributed by atoms with Gasteiger partial charge in [-0.1, -0.05) is 151 Å². The molecule has 0 radical (unpaired) electrons. The van der Waals surface area contributed by atoms with Crippen molar-refractivity contribution in [2.75, 3.05) is 6.61 Å². The molecule has 1 saturated heterocycles. The SMILES string of the molecule is Cc1cccc(COC2O[C@H](COCc3ccccc3)[C@@H](OCc3ccccc3)[C@H](OCc3ccccc3)[C@H]2OCc2ccccc2)c1. The first kappa shape index (κ1) is 33.7. The van der Waals surface area contributed by atoms with Gasteiger partial charge in [-0.15, -0.1) is 0 Å². The molecule has 5 atom stereocenters. The van der Waals surface area contributed by atoms with Crippen LogP contribution in [0.5, 0.6) is 0 Å². The quantitative estimate of drug-likeness (QED) is 0.108. The summed E-state index contributed by atoms with van der Waals surface area (Å²) in [4.78, 5) is 0. The van der Waals surface area contributed by atoms with E-state index in [0.29, 0.717) is 33.0 Å². The van der Waals surface area contributed by atoms with E-state index in [1.165, 1.54) is 5.56 Å². The molecule has 1 aliphatic heterocycles. The summed E-state index contributed by atoms with van der Waals surface area (Å²) in [6, 6.07) is 48.9. The topological polar surface area (TPSA) is 55.4 Å². The second kappa shape index (κ2) is 17.9. The molecular weight excluding hydrogens is 600 g/mol. The van der Waals surface area contributed by atoms with Gasteiger partial charge in [-0.3, -0.25) is 0 Å². The number of hydrogen-bond donors (Lipinski definition) is 0. The van der Waals surface area contributed by atoms with Gasteiger partial charge < -0.3 is 28.4 Å². The zero-order valence-corrected chi connectivity index (χ0v) is 27.4. The predicted octanol–water partition coefficient (Wildman–Crippen LogP) is 8.21. The van der Waals surface area contributed by atoms with Crippen molar-refractivity contribution in [1.82, 2.24) is 0 Å². The average Bonchev–Trinajstić information content (AvgIpc) is 3.13. The highest BCUT2D eigenvalue weighted by Crippen LogP contribution is 2.32. The van der Waals surface area contributed by atoms with Crippen LogP contribution in [0.25, 0.3) is 0 Å². The molecule has 1 heterocycles. The first-order chi connectivity index (χ1) is 23.7. The summed E-state index contributed by atoms with van der Waals surface area (Å²) < 4.78 is 39.9. The normalized spacial score (nSPS) is 20.8. The zero-order chi connectivity index (χ0) is 32.8. The van der Waals surface area contributed by atoms with Gasteiger partial charge in [-0.05, 0) is 34.7 Å². The third-order valence-electron chi connectivity index (χ3n) is 8.34. The summed E-state index contributed by atoms with van der Waals surface area (Å²) >= 11 is 0. The summed E-state index contributed by atoms with van der Waals surface area (Å²) in [6.07, 6.45) is -2.86. The van der Waals surface area contributed by atoms with E-state index in [9.17, 15) is 0 Å². The minimum absolute atomic E-state index is 0.287. The Labute approximate surface area is 284 Å². The summed E-state index contributed by atoms with van der Waals surface area (Å²) in [5.41, 5.74) is 6.48. The molecule has 6 rings (SSSR count). The van der Waals surface area contributed by atoms with Gasteiger partial charge in [-0.25, -0.2) is 0 Å². The van der Waals surface area contributed by atoms with Crippen molar-refractivity contribution >= 4 is 0 Å². The summed E-state index contributed by atoms with van der Waals surface area (Å²) in [7, 11) is 0. The van der Waals surface area contributed by atoms with Gasteiger partial charge in [0, 0.05) is 0 Å². The molecule has 6 heteroatoms. The fourth-order valence-corrected chi connectivity index (χ4v) is 5.86. The number of benzene rings is 5. The molecule has 248 valence electrons. The van der Waals surface area contributed by atoms with E-state index < -0.39 is 30.7 Å². The van der Waals surface area contributed by atoms with Gasteiger partial charge in [0.25, 0.3) is 0 Å². The number of rotatable bonds is 16. The Kier molecular flexibility index (Phi) is 12.6. The maximum atomic E-state index is 6.80. The number of hydrogen-bond acceptors (Lipinski definition) is 6. The maximum absolute atomic E-state index is 6.80. The van der Waals surface area contributed by atoms with Gasteiger partial charge in [0.2, 0.25) is 0 Å². The van der Waals surface area contributed by atoms with E-state index >= 15 is 0 Å². The summed E-state index contributed by atoms with van der Waals surface area (Å²) in [5.74, 6) is 0. The lowest BCUT2D eigenvalue weighted by Crippen LogP contribution is -2.61. The van der Waals surface area contributed by atoms with Crippen LogP contribution in [0.15, 0.2) is 146 Å². The van der Waals surface area contributed by atoms with Crippen molar-refractivity contribution in [2.45, 2.75) is 70.7 Å². The molecule has 0 saturated carbocycles. The molecular formula is C42H44O6. The Balaban J connectivity index is 1.30. The third-order valence-corrected chi connectivity index (χ3v) is 8.34. The van der Waals surface area contributed by atoms with Gasteiger partial charge in [0.15, 0.2) is 6.29 Å². The Bertz CT molecular complexity index is 1620. The van der Waals surface area contributed by atoms with Crippen LogP contribution in [-0.4, -0.2) is 37.3 Å². The van der Waals surface area contributed by atoms with Crippen molar-refractivity contribution in [3.05, 3.63) is 179 Å². The molecule has 1 aliphatic rings. The molecule has 0 amide bonds. The second-order valence-electron chi connectivity index (χ2n) is 12.1. The molecule has 5 aromatic rings. The van der Waals surface area contributed by atoms with E-state index in [0.717, 1.165) is 27.8 Å². The number of aryl methyl sites for hydroxylation is 1. The number of ether oxygens (including phenoxy) is 6. The fourth-order valence-electron chi connectivity index (χ4n) is 5.86. The molecule has 1 fully saturated rings. The lowest BCUT2D eigenvalue weighted by atomic mass is 9.97. The van der Waals surface area contributed by atoms with Crippen molar-refractivity contribution in [3.63, 3.8) is 0 Å². The summed E-state index contributed by atoms with van der Waals surface area (Å²) in [5, 5.41) is 0. The standard InChI is InChI=1S/C42H44O6/c1-32-15-14-24-37(25-32)30-47-42-41(46-29-36-22-12-5-13-23-36)40(45-28-35-20-10-4-11-21-35)39(44-27-34-18-8-3-9-19-34)38(48-42)31-43-26-33-16-6-2-7-17-33/h2-25,38-42H,26-31H2,1H3/t38-,39-,40+,41-,42?/m1/s1.